The minimum Gasteiger partial charge on any atom is -0.462 e. The summed E-state index contributed by atoms with van der Waals surface area (Å²) in [6, 6.07) is 0. The van der Waals surface area contributed by atoms with Crippen LogP contribution in [0.1, 0.15) is 67.2 Å². The van der Waals surface area contributed by atoms with E-state index < -0.39 is 70.9 Å². The van der Waals surface area contributed by atoms with Gasteiger partial charge in [-0.1, -0.05) is 39.8 Å². The van der Waals surface area contributed by atoms with Gasteiger partial charge in [0.15, 0.2) is 11.6 Å². The number of hydrogen-bond donors (Lipinski definition) is 0. The lowest BCUT2D eigenvalue weighted by molar-refractivity contribution is -0.173. The predicted molar refractivity (Wildman–Crippen MR) is 153 cm³/mol. The minimum absolute atomic E-state index is 0.0184. The van der Waals surface area contributed by atoms with Crippen molar-refractivity contribution in [2.75, 3.05) is 0 Å². The SMILES string of the molecule is C[C@@H]1C[C@H]2OC(=O)[C@@H](C)[C@H]2[C@H](OC(=O)CCC(=O)O[C@H]2[C@@H]3[C@H](C)C(=O)O[C@@H]3C[C@@H](C)[C@@H]3C=CC(=O)[C@]32C)[C@]2(C)C(=O)C=C[C@@H]12. The molecule has 10 heteroatoms. The van der Waals surface area contributed by atoms with Crippen LogP contribution in [0.25, 0.3) is 0 Å². The van der Waals surface area contributed by atoms with E-state index in [0.29, 0.717) is 12.8 Å². The Morgan fingerprint density at radius 1 is 0.705 bits per heavy atom. The maximum Gasteiger partial charge on any atom is 0.309 e. The van der Waals surface area contributed by atoms with E-state index in [2.05, 4.69) is 0 Å². The highest BCUT2D eigenvalue weighted by Gasteiger charge is 2.64. The Labute approximate surface area is 257 Å². The third kappa shape index (κ3) is 4.41. The van der Waals surface area contributed by atoms with E-state index in [9.17, 15) is 28.8 Å². The van der Waals surface area contributed by atoms with Crippen molar-refractivity contribution < 1.29 is 47.7 Å². The molecule has 2 saturated heterocycles. The molecule has 14 atom stereocenters. The average Bonchev–Trinajstić information content (AvgIpc) is 3.59. The molecule has 4 fully saturated rings. The number of ether oxygens (including phenoxy) is 4. The zero-order valence-corrected chi connectivity index (χ0v) is 26.1. The summed E-state index contributed by atoms with van der Waals surface area (Å²) in [6.07, 6.45) is 4.50. The number of carbonyl (C=O) groups excluding carboxylic acids is 6. The summed E-state index contributed by atoms with van der Waals surface area (Å²) in [7, 11) is 0. The van der Waals surface area contributed by atoms with Gasteiger partial charge in [0.2, 0.25) is 0 Å². The minimum atomic E-state index is -1.06. The van der Waals surface area contributed by atoms with Crippen molar-refractivity contribution >= 4 is 35.4 Å². The van der Waals surface area contributed by atoms with E-state index in [1.54, 1.807) is 27.7 Å². The van der Waals surface area contributed by atoms with Gasteiger partial charge < -0.3 is 18.9 Å². The van der Waals surface area contributed by atoms with Gasteiger partial charge in [0.05, 0.1) is 35.5 Å². The molecule has 238 valence electrons. The smallest absolute Gasteiger partial charge is 0.309 e. The number of esters is 4. The first-order valence-corrected chi connectivity index (χ1v) is 15.9. The lowest BCUT2D eigenvalue weighted by Gasteiger charge is -2.40. The van der Waals surface area contributed by atoms with Crippen molar-refractivity contribution in [3.63, 3.8) is 0 Å². The van der Waals surface area contributed by atoms with Crippen LogP contribution in [0.4, 0.5) is 0 Å². The number of ketones is 2. The Morgan fingerprint density at radius 3 is 1.43 bits per heavy atom. The van der Waals surface area contributed by atoms with E-state index in [1.165, 1.54) is 12.2 Å². The van der Waals surface area contributed by atoms with Crippen LogP contribution >= 0.6 is 0 Å². The van der Waals surface area contributed by atoms with Crippen LogP contribution in [0, 0.1) is 58.2 Å². The van der Waals surface area contributed by atoms with Crippen molar-refractivity contribution in [3.05, 3.63) is 24.3 Å². The molecule has 0 aromatic rings. The zero-order chi connectivity index (χ0) is 31.9. The molecule has 4 aliphatic carbocycles. The number of rotatable bonds is 5. The molecule has 0 N–H and O–H groups in total. The first-order valence-electron chi connectivity index (χ1n) is 15.9. The molecule has 10 nitrogen and oxygen atoms in total. The van der Waals surface area contributed by atoms with Crippen LogP contribution in [-0.4, -0.2) is 59.9 Å². The van der Waals surface area contributed by atoms with E-state index >= 15 is 0 Å². The predicted octanol–water partition coefficient (Wildman–Crippen LogP) is 3.55. The molecule has 2 aliphatic heterocycles. The van der Waals surface area contributed by atoms with Crippen molar-refractivity contribution in [2.45, 2.75) is 91.6 Å². The van der Waals surface area contributed by atoms with Crippen LogP contribution < -0.4 is 0 Å². The van der Waals surface area contributed by atoms with Gasteiger partial charge in [0.25, 0.3) is 0 Å². The van der Waals surface area contributed by atoms with E-state index in [4.69, 9.17) is 18.9 Å². The van der Waals surface area contributed by atoms with E-state index in [0.717, 1.165) is 0 Å². The molecule has 0 amide bonds. The van der Waals surface area contributed by atoms with Gasteiger partial charge in [-0.2, -0.15) is 0 Å². The average molecular weight is 611 g/mol. The van der Waals surface area contributed by atoms with E-state index in [1.807, 2.05) is 26.0 Å². The van der Waals surface area contributed by atoms with Gasteiger partial charge in [-0.25, -0.2) is 0 Å². The maximum atomic E-state index is 13.4. The Bertz CT molecular complexity index is 1260. The summed E-state index contributed by atoms with van der Waals surface area (Å²) in [5.41, 5.74) is -2.12. The first-order chi connectivity index (χ1) is 20.7. The van der Waals surface area contributed by atoms with E-state index in [-0.39, 0.29) is 60.0 Å². The summed E-state index contributed by atoms with van der Waals surface area (Å²) in [6.45, 7) is 11.1. The fourth-order valence-corrected chi connectivity index (χ4v) is 9.48. The largest absolute Gasteiger partial charge is 0.462 e. The summed E-state index contributed by atoms with van der Waals surface area (Å²) < 4.78 is 23.5. The molecule has 0 radical (unpaired) electrons. The molecule has 6 aliphatic rings. The quantitative estimate of drug-likeness (QED) is 0.335. The highest BCUT2D eigenvalue weighted by molar-refractivity contribution is 5.99. The second-order valence-electron chi connectivity index (χ2n) is 14.5. The zero-order valence-electron chi connectivity index (χ0n) is 26.1. The van der Waals surface area contributed by atoms with Crippen LogP contribution in [0.3, 0.4) is 0 Å². The lowest BCUT2D eigenvalue weighted by atomic mass is 9.66. The number of carbonyl (C=O) groups is 6. The van der Waals surface area contributed by atoms with Crippen molar-refractivity contribution in [1.29, 1.82) is 0 Å². The Kier molecular flexibility index (Phi) is 7.44. The maximum absolute atomic E-state index is 13.4. The van der Waals surface area contributed by atoms with Crippen molar-refractivity contribution in [2.24, 2.45) is 58.2 Å². The van der Waals surface area contributed by atoms with Crippen molar-refractivity contribution in [3.8, 4) is 0 Å². The van der Waals surface area contributed by atoms with Gasteiger partial charge in [-0.15, -0.1) is 0 Å². The van der Waals surface area contributed by atoms with Gasteiger partial charge in [-0.3, -0.25) is 28.8 Å². The normalized spacial score (nSPS) is 47.1. The number of hydrogen-bond acceptors (Lipinski definition) is 10. The summed E-state index contributed by atoms with van der Waals surface area (Å²) in [4.78, 5) is 78.5. The molecule has 0 unspecified atom stereocenters. The molecule has 6 rings (SSSR count). The first kappa shape index (κ1) is 30.7. The molecule has 44 heavy (non-hydrogen) atoms. The van der Waals surface area contributed by atoms with Crippen molar-refractivity contribution in [1.82, 2.24) is 0 Å². The molecule has 0 aromatic carbocycles. The lowest BCUT2D eigenvalue weighted by Crippen LogP contribution is -2.50. The topological polar surface area (TPSA) is 139 Å². The standard InChI is InChI=1S/C34H42O10/c1-15-13-21-27(17(3)31(39)41-21)29(33(5)19(15)7-9-23(33)35)43-25(37)11-12-26(38)44-30-28-18(4)32(40)42-22(28)14-16(2)20-8-10-24(36)34(20,30)6/h7-10,15-22,27-30H,11-14H2,1-6H3/t15-,16-,17+,18+,19+,20+,21-,22-,27-,28-,29+,30+,33+,34+/m1/s1. The van der Waals surface area contributed by atoms with Gasteiger partial charge in [-0.05, 0) is 62.5 Å². The molecular formula is C34H42O10. The fourth-order valence-electron chi connectivity index (χ4n) is 9.48. The number of fused-ring (bicyclic) bond motifs is 4. The second-order valence-corrected chi connectivity index (χ2v) is 14.5. The highest BCUT2D eigenvalue weighted by Crippen LogP contribution is 2.56. The van der Waals surface area contributed by atoms with Crippen LogP contribution in [0.15, 0.2) is 24.3 Å². The molecule has 2 heterocycles. The number of allylic oxidation sites excluding steroid dienone is 4. The van der Waals surface area contributed by atoms with Gasteiger partial charge in [0.1, 0.15) is 24.4 Å². The molecule has 0 spiro atoms. The summed E-state index contributed by atoms with van der Waals surface area (Å²) in [5.74, 6) is -4.89. The fraction of sp³-hybridized carbons (Fsp3) is 0.706. The summed E-state index contributed by atoms with van der Waals surface area (Å²) in [5, 5.41) is 0. The third-order valence-electron chi connectivity index (χ3n) is 12.0. The van der Waals surface area contributed by atoms with Gasteiger partial charge >= 0.3 is 23.9 Å². The van der Waals surface area contributed by atoms with Crippen LogP contribution in [-0.2, 0) is 47.7 Å². The van der Waals surface area contributed by atoms with Gasteiger partial charge in [0, 0.05) is 11.8 Å². The Balaban J connectivity index is 1.19. The highest BCUT2D eigenvalue weighted by atomic mass is 16.6. The molecular weight excluding hydrogens is 568 g/mol. The third-order valence-corrected chi connectivity index (χ3v) is 12.0. The van der Waals surface area contributed by atoms with Crippen LogP contribution in [0.5, 0.6) is 0 Å². The Morgan fingerprint density at radius 2 is 1.07 bits per heavy atom. The summed E-state index contributed by atoms with van der Waals surface area (Å²) >= 11 is 0. The Hall–Kier alpha value is -3.30. The molecule has 0 aromatic heterocycles. The monoisotopic (exact) mass is 610 g/mol. The second kappa shape index (κ2) is 10.7. The molecule has 2 saturated carbocycles. The van der Waals surface area contributed by atoms with Crippen LogP contribution in [0.2, 0.25) is 0 Å². The molecule has 0 bridgehead atoms.